The Bertz CT molecular complexity index is 557. The van der Waals surface area contributed by atoms with Crippen LogP contribution in [0.25, 0.3) is 0 Å². The number of hydrogen-bond donors (Lipinski definition) is 2. The zero-order valence-electron chi connectivity index (χ0n) is 13.2. The summed E-state index contributed by atoms with van der Waals surface area (Å²) in [5.41, 5.74) is 2.82. The van der Waals surface area contributed by atoms with E-state index in [1.807, 2.05) is 6.92 Å². The van der Waals surface area contributed by atoms with Crippen molar-refractivity contribution in [3.63, 3.8) is 0 Å². The van der Waals surface area contributed by atoms with Crippen LogP contribution in [0.2, 0.25) is 0 Å². The highest BCUT2D eigenvalue weighted by atomic mass is 16.4. The lowest BCUT2D eigenvalue weighted by atomic mass is 10.1. The van der Waals surface area contributed by atoms with E-state index in [1.165, 1.54) is 28.7 Å². The number of aromatic carboxylic acids is 1. The van der Waals surface area contributed by atoms with Crippen molar-refractivity contribution in [3.05, 3.63) is 12.0 Å². The van der Waals surface area contributed by atoms with Crippen LogP contribution in [0.1, 0.15) is 56.4 Å². The summed E-state index contributed by atoms with van der Waals surface area (Å²) in [6.07, 6.45) is 6.73. The number of hydrazine groups is 2. The van der Waals surface area contributed by atoms with Crippen LogP contribution in [0.4, 0.5) is 10.6 Å². The Morgan fingerprint density at radius 2 is 2.14 bits per heavy atom. The van der Waals surface area contributed by atoms with Crippen LogP contribution in [0.3, 0.4) is 0 Å². The summed E-state index contributed by atoms with van der Waals surface area (Å²) in [5.74, 6) is -0.852. The number of imidazole rings is 1. The maximum atomic E-state index is 12.1. The molecule has 0 radical (unpaired) electrons. The third-order valence-electron chi connectivity index (χ3n) is 3.84. The van der Waals surface area contributed by atoms with Gasteiger partial charge in [0.1, 0.15) is 6.33 Å². The van der Waals surface area contributed by atoms with Crippen molar-refractivity contribution >= 4 is 17.8 Å². The molecule has 1 aromatic rings. The molecule has 1 unspecified atom stereocenters. The molecule has 0 saturated heterocycles. The van der Waals surface area contributed by atoms with Crippen molar-refractivity contribution in [1.29, 1.82) is 0 Å². The minimum Gasteiger partial charge on any atom is -0.476 e. The predicted molar refractivity (Wildman–Crippen MR) is 81.6 cm³/mol. The molecule has 22 heavy (non-hydrogen) atoms. The number of fused-ring (bicyclic) bond motifs is 1. The highest BCUT2D eigenvalue weighted by molar-refractivity contribution is 5.95. The topological polar surface area (TPSA) is 90.7 Å². The van der Waals surface area contributed by atoms with Gasteiger partial charge in [-0.25, -0.2) is 24.1 Å². The van der Waals surface area contributed by atoms with Gasteiger partial charge >= 0.3 is 12.0 Å². The van der Waals surface area contributed by atoms with Gasteiger partial charge in [-0.3, -0.25) is 5.01 Å². The summed E-state index contributed by atoms with van der Waals surface area (Å²) in [5, 5.41) is 12.3. The molecule has 1 aromatic heterocycles. The molecule has 1 atom stereocenters. The van der Waals surface area contributed by atoms with Gasteiger partial charge in [0.15, 0.2) is 11.5 Å². The van der Waals surface area contributed by atoms with Crippen LogP contribution in [0.5, 0.6) is 0 Å². The number of carboxylic acid groups (broad SMARTS) is 1. The Hall–Kier alpha value is -2.09. The Balaban J connectivity index is 2.22. The maximum absolute atomic E-state index is 12.1. The first-order valence-corrected chi connectivity index (χ1v) is 7.61. The molecule has 0 saturated carbocycles. The first-order chi connectivity index (χ1) is 10.5. The second-order valence-electron chi connectivity index (χ2n) is 5.60. The highest BCUT2D eigenvalue weighted by Gasteiger charge is 2.34. The number of aromatic nitrogens is 2. The average Bonchev–Trinajstić information content (AvgIpc) is 2.92. The van der Waals surface area contributed by atoms with E-state index in [1.54, 1.807) is 12.1 Å². The van der Waals surface area contributed by atoms with Crippen LogP contribution in [0, 0.1) is 0 Å². The van der Waals surface area contributed by atoms with Crippen LogP contribution in [0.15, 0.2) is 6.33 Å². The lowest BCUT2D eigenvalue weighted by Gasteiger charge is -2.39. The van der Waals surface area contributed by atoms with E-state index in [-0.39, 0.29) is 17.8 Å². The third kappa shape index (κ3) is 3.06. The Labute approximate surface area is 129 Å². The average molecular weight is 309 g/mol. The molecule has 8 nitrogen and oxygen atoms in total. The van der Waals surface area contributed by atoms with Crippen molar-refractivity contribution < 1.29 is 14.7 Å². The van der Waals surface area contributed by atoms with Gasteiger partial charge in [-0.15, -0.1) is 5.53 Å². The second-order valence-corrected chi connectivity index (χ2v) is 5.60. The molecule has 2 rings (SSSR count). The molecule has 0 fully saturated rings. The Kier molecular flexibility index (Phi) is 5.02. The van der Waals surface area contributed by atoms with Gasteiger partial charge in [-0.05, 0) is 13.3 Å². The molecule has 0 aromatic carbocycles. The number of carbonyl (C=O) groups is 2. The molecule has 2 heterocycles. The number of nitrogens with zero attached hydrogens (tertiary/aromatic N) is 4. The first-order valence-electron chi connectivity index (χ1n) is 7.61. The van der Waals surface area contributed by atoms with Gasteiger partial charge in [0.05, 0.1) is 0 Å². The number of unbranched alkanes of at least 4 members (excludes halogenated alkanes) is 3. The number of rotatable bonds is 7. The quantitative estimate of drug-likeness (QED) is 0.749. The van der Waals surface area contributed by atoms with Gasteiger partial charge < -0.3 is 5.11 Å². The number of carboxylic acids is 1. The summed E-state index contributed by atoms with van der Waals surface area (Å²) in [4.78, 5) is 27.3. The fourth-order valence-corrected chi connectivity index (χ4v) is 2.58. The SMILES string of the molecule is CCCCCCC(C)N1NN(C)C(=O)n2cnc(C(=O)O)c21. The van der Waals surface area contributed by atoms with Crippen molar-refractivity contribution in [2.45, 2.75) is 52.0 Å². The molecule has 1 aliphatic rings. The molecule has 122 valence electrons. The Morgan fingerprint density at radius 3 is 2.77 bits per heavy atom. The molecule has 2 N–H and O–H groups in total. The first kappa shape index (κ1) is 16.3. The van der Waals surface area contributed by atoms with Gasteiger partial charge in [0.25, 0.3) is 0 Å². The number of anilines is 1. The number of carbonyl (C=O) groups excluding carboxylic acids is 1. The van der Waals surface area contributed by atoms with Gasteiger partial charge in [0, 0.05) is 13.1 Å². The standard InChI is InChI=1S/C14H23N5O3/c1-4-5-6-7-8-10(2)19-12-11(13(20)21)15-9-18(12)14(22)17(3)16-19/h9-10,16H,4-8H2,1-3H3,(H,20,21). The number of nitrogens with one attached hydrogen (secondary N) is 1. The zero-order chi connectivity index (χ0) is 16.3. The second kappa shape index (κ2) is 6.78. The van der Waals surface area contributed by atoms with Crippen molar-refractivity contribution in [3.8, 4) is 0 Å². The maximum Gasteiger partial charge on any atom is 0.358 e. The molecular weight excluding hydrogens is 286 g/mol. The minimum atomic E-state index is -1.14. The van der Waals surface area contributed by atoms with Crippen molar-refractivity contribution in [2.75, 3.05) is 12.1 Å². The Morgan fingerprint density at radius 1 is 1.41 bits per heavy atom. The van der Waals surface area contributed by atoms with Crippen LogP contribution >= 0.6 is 0 Å². The number of hydrogen-bond acceptors (Lipinski definition) is 5. The van der Waals surface area contributed by atoms with Crippen LogP contribution < -0.4 is 10.5 Å². The van der Waals surface area contributed by atoms with E-state index in [4.69, 9.17) is 0 Å². The van der Waals surface area contributed by atoms with Crippen molar-refractivity contribution in [1.82, 2.24) is 20.1 Å². The van der Waals surface area contributed by atoms with Crippen LogP contribution in [-0.4, -0.2) is 44.8 Å². The minimum absolute atomic E-state index is 0.0426. The summed E-state index contributed by atoms with van der Waals surface area (Å²) in [7, 11) is 1.60. The molecule has 1 aliphatic heterocycles. The van der Waals surface area contributed by atoms with Crippen LogP contribution in [-0.2, 0) is 0 Å². The lowest BCUT2D eigenvalue weighted by Crippen LogP contribution is -2.60. The molecule has 0 spiro atoms. The van der Waals surface area contributed by atoms with E-state index in [9.17, 15) is 14.7 Å². The van der Waals surface area contributed by atoms with E-state index in [0.717, 1.165) is 19.3 Å². The van der Waals surface area contributed by atoms with E-state index in [0.29, 0.717) is 5.82 Å². The molecule has 1 amide bonds. The van der Waals surface area contributed by atoms with E-state index in [2.05, 4.69) is 17.4 Å². The summed E-state index contributed by atoms with van der Waals surface area (Å²) >= 11 is 0. The number of amides is 1. The van der Waals surface area contributed by atoms with E-state index < -0.39 is 5.97 Å². The fourth-order valence-electron chi connectivity index (χ4n) is 2.58. The molecule has 0 bridgehead atoms. The highest BCUT2D eigenvalue weighted by Crippen LogP contribution is 2.26. The summed E-state index contributed by atoms with van der Waals surface area (Å²) in [6, 6.07) is -0.314. The predicted octanol–water partition coefficient (Wildman–Crippen LogP) is 2.08. The van der Waals surface area contributed by atoms with Gasteiger partial charge in [0.2, 0.25) is 0 Å². The monoisotopic (exact) mass is 309 g/mol. The lowest BCUT2D eigenvalue weighted by molar-refractivity contribution is 0.0690. The van der Waals surface area contributed by atoms with Gasteiger partial charge in [-0.2, -0.15) is 0 Å². The normalized spacial score (nSPS) is 15.9. The zero-order valence-corrected chi connectivity index (χ0v) is 13.2. The molecular formula is C14H23N5O3. The van der Waals surface area contributed by atoms with Crippen molar-refractivity contribution in [2.24, 2.45) is 0 Å². The van der Waals surface area contributed by atoms with Gasteiger partial charge in [-0.1, -0.05) is 32.6 Å². The largest absolute Gasteiger partial charge is 0.476 e. The summed E-state index contributed by atoms with van der Waals surface area (Å²) in [6.45, 7) is 4.17. The molecule has 0 aliphatic carbocycles. The fraction of sp³-hybridized carbons (Fsp3) is 0.643. The summed E-state index contributed by atoms with van der Waals surface area (Å²) < 4.78 is 1.27. The third-order valence-corrected chi connectivity index (χ3v) is 3.84. The van der Waals surface area contributed by atoms with E-state index >= 15 is 0 Å². The smallest absolute Gasteiger partial charge is 0.358 e. The molecule has 8 heteroatoms.